The second-order valence-electron chi connectivity index (χ2n) is 8.67. The summed E-state index contributed by atoms with van der Waals surface area (Å²) in [4.78, 5) is 18.3. The fourth-order valence-corrected chi connectivity index (χ4v) is 4.36. The number of hydrogen-bond acceptors (Lipinski definition) is 6. The Morgan fingerprint density at radius 3 is 2.61 bits per heavy atom. The lowest BCUT2D eigenvalue weighted by Gasteiger charge is -2.34. The monoisotopic (exact) mass is 418 g/mol. The Morgan fingerprint density at radius 2 is 1.87 bits per heavy atom. The molecule has 0 amide bonds. The Balaban J connectivity index is 1.43. The average molecular weight is 419 g/mol. The van der Waals surface area contributed by atoms with Gasteiger partial charge >= 0.3 is 0 Å². The third-order valence-electron chi connectivity index (χ3n) is 6.11. The zero-order valence-corrected chi connectivity index (χ0v) is 18.2. The van der Waals surface area contributed by atoms with Crippen LogP contribution in [0.5, 0.6) is 0 Å². The summed E-state index contributed by atoms with van der Waals surface area (Å²) in [6.07, 6.45) is 1.82. The van der Waals surface area contributed by atoms with Crippen LogP contribution in [-0.2, 0) is 6.54 Å². The maximum atomic E-state index is 14.9. The molecule has 2 aliphatic rings. The van der Waals surface area contributed by atoms with Gasteiger partial charge in [0, 0.05) is 54.7 Å². The quantitative estimate of drug-likeness (QED) is 0.687. The van der Waals surface area contributed by atoms with Crippen molar-refractivity contribution in [3.63, 3.8) is 0 Å². The van der Waals surface area contributed by atoms with Gasteiger partial charge in [-0.15, -0.1) is 0 Å². The minimum absolute atomic E-state index is 0.231. The molecule has 0 saturated carbocycles. The van der Waals surface area contributed by atoms with Gasteiger partial charge in [0.1, 0.15) is 5.82 Å². The van der Waals surface area contributed by atoms with Crippen molar-refractivity contribution in [2.24, 2.45) is 10.9 Å². The first-order chi connectivity index (χ1) is 15.0. The number of fused-ring (bicyclic) bond motifs is 3. The summed E-state index contributed by atoms with van der Waals surface area (Å²) in [7, 11) is 2.09. The molecular formula is C24H27FN6. The minimum atomic E-state index is -0.231. The van der Waals surface area contributed by atoms with E-state index >= 15 is 0 Å². The summed E-state index contributed by atoms with van der Waals surface area (Å²) in [5.41, 5.74) is 5.59. The van der Waals surface area contributed by atoms with Gasteiger partial charge in [0.25, 0.3) is 0 Å². The molecule has 0 radical (unpaired) electrons. The number of hydrogen-bond donors (Lipinski definition) is 1. The van der Waals surface area contributed by atoms with Crippen molar-refractivity contribution in [2.75, 3.05) is 43.4 Å². The van der Waals surface area contributed by atoms with E-state index in [2.05, 4.69) is 47.1 Å². The molecule has 7 heteroatoms. The van der Waals surface area contributed by atoms with Crippen LogP contribution in [0.4, 0.5) is 21.7 Å². The molecule has 1 saturated heterocycles. The highest BCUT2D eigenvalue weighted by atomic mass is 19.1. The standard InChI is InChI=1S/C24H27FN6/c1-15(2)22-21-16(13-26-22)4-5-17-14-27-24(29-23(17)21)28-18-6-7-20(19(25)12-18)31-10-8-30(3)9-11-31/h4-7,12,14-15H,8-11,13H2,1-3H3,(H,27,28,29). The molecule has 0 unspecified atom stereocenters. The van der Waals surface area contributed by atoms with Gasteiger partial charge in [-0.25, -0.2) is 14.4 Å². The molecule has 1 N–H and O–H groups in total. The number of anilines is 3. The van der Waals surface area contributed by atoms with Crippen LogP contribution < -0.4 is 10.2 Å². The normalized spacial score (nSPS) is 16.7. The molecule has 0 bridgehead atoms. The van der Waals surface area contributed by atoms with E-state index in [0.717, 1.165) is 48.4 Å². The number of aliphatic imine (C=N–C) groups is 1. The van der Waals surface area contributed by atoms with E-state index in [9.17, 15) is 4.39 Å². The molecule has 2 aliphatic heterocycles. The first kappa shape index (κ1) is 19.9. The number of rotatable bonds is 4. The Hall–Kier alpha value is -3.06. The molecule has 6 nitrogen and oxygen atoms in total. The van der Waals surface area contributed by atoms with Gasteiger partial charge < -0.3 is 15.1 Å². The van der Waals surface area contributed by atoms with Crippen molar-refractivity contribution < 1.29 is 4.39 Å². The first-order valence-electron chi connectivity index (χ1n) is 10.8. The molecule has 1 aromatic heterocycles. The zero-order chi connectivity index (χ0) is 21.5. The molecule has 2 aromatic carbocycles. The smallest absolute Gasteiger partial charge is 0.227 e. The number of nitrogens with zero attached hydrogens (tertiary/aromatic N) is 5. The van der Waals surface area contributed by atoms with Crippen LogP contribution in [0, 0.1) is 11.7 Å². The number of aromatic nitrogens is 2. The van der Waals surface area contributed by atoms with E-state index in [1.807, 2.05) is 24.4 Å². The maximum absolute atomic E-state index is 14.9. The highest BCUT2D eigenvalue weighted by molar-refractivity contribution is 6.13. The van der Waals surface area contributed by atoms with E-state index < -0.39 is 0 Å². The van der Waals surface area contributed by atoms with Gasteiger partial charge in [0.05, 0.1) is 17.7 Å². The lowest BCUT2D eigenvalue weighted by molar-refractivity contribution is 0.311. The van der Waals surface area contributed by atoms with Crippen LogP contribution in [0.25, 0.3) is 10.9 Å². The first-order valence-corrected chi connectivity index (χ1v) is 10.8. The third-order valence-corrected chi connectivity index (χ3v) is 6.11. The molecular weight excluding hydrogens is 391 g/mol. The SMILES string of the molecule is CC(C)C1=NCc2ccc3cnc(Nc4ccc(N5CCN(C)CC5)c(F)c4)nc3c21. The van der Waals surface area contributed by atoms with Gasteiger partial charge in [-0.2, -0.15) is 0 Å². The van der Waals surface area contributed by atoms with Gasteiger partial charge in [-0.3, -0.25) is 4.99 Å². The summed E-state index contributed by atoms with van der Waals surface area (Å²) >= 11 is 0. The molecule has 1 fully saturated rings. The lowest BCUT2D eigenvalue weighted by atomic mass is 9.96. The van der Waals surface area contributed by atoms with E-state index in [-0.39, 0.29) is 5.82 Å². The Labute approximate surface area is 181 Å². The predicted octanol–water partition coefficient (Wildman–Crippen LogP) is 4.22. The molecule has 3 heterocycles. The molecule has 5 rings (SSSR count). The zero-order valence-electron chi connectivity index (χ0n) is 18.2. The number of halogens is 1. The summed E-state index contributed by atoms with van der Waals surface area (Å²) < 4.78 is 14.9. The highest BCUT2D eigenvalue weighted by Gasteiger charge is 2.22. The Kier molecular flexibility index (Phi) is 5.06. The molecule has 0 spiro atoms. The molecule has 31 heavy (non-hydrogen) atoms. The molecule has 160 valence electrons. The highest BCUT2D eigenvalue weighted by Crippen LogP contribution is 2.30. The summed E-state index contributed by atoms with van der Waals surface area (Å²) in [5.74, 6) is 0.558. The molecule has 0 aliphatic carbocycles. The van der Waals surface area contributed by atoms with Gasteiger partial charge in [0.15, 0.2) is 0 Å². The fourth-order valence-electron chi connectivity index (χ4n) is 4.36. The van der Waals surface area contributed by atoms with Crippen molar-refractivity contribution in [1.29, 1.82) is 0 Å². The van der Waals surface area contributed by atoms with Crippen molar-refractivity contribution in [3.05, 3.63) is 53.5 Å². The second kappa shape index (κ2) is 7.89. The molecule has 3 aromatic rings. The van der Waals surface area contributed by atoms with Crippen molar-refractivity contribution in [1.82, 2.24) is 14.9 Å². The van der Waals surface area contributed by atoms with Gasteiger partial charge in [-0.1, -0.05) is 26.0 Å². The van der Waals surface area contributed by atoms with Gasteiger partial charge in [-0.05, 0) is 36.7 Å². The van der Waals surface area contributed by atoms with Crippen LogP contribution >= 0.6 is 0 Å². The fraction of sp³-hybridized carbons (Fsp3) is 0.375. The van der Waals surface area contributed by atoms with Crippen molar-refractivity contribution in [3.8, 4) is 0 Å². The van der Waals surface area contributed by atoms with Crippen molar-refractivity contribution in [2.45, 2.75) is 20.4 Å². The predicted molar refractivity (Wildman–Crippen MR) is 124 cm³/mol. The Morgan fingerprint density at radius 1 is 1.06 bits per heavy atom. The number of benzene rings is 2. The minimum Gasteiger partial charge on any atom is -0.367 e. The lowest BCUT2D eigenvalue weighted by Crippen LogP contribution is -2.44. The number of piperazine rings is 1. The van der Waals surface area contributed by atoms with Crippen molar-refractivity contribution >= 4 is 33.9 Å². The molecule has 0 atom stereocenters. The van der Waals surface area contributed by atoms with Crippen LogP contribution in [0.1, 0.15) is 25.0 Å². The van der Waals surface area contributed by atoms with Crippen LogP contribution in [0.3, 0.4) is 0 Å². The van der Waals surface area contributed by atoms with E-state index in [1.54, 1.807) is 0 Å². The second-order valence-corrected chi connectivity index (χ2v) is 8.67. The largest absolute Gasteiger partial charge is 0.367 e. The topological polar surface area (TPSA) is 56.7 Å². The van der Waals surface area contributed by atoms with Crippen LogP contribution in [-0.4, -0.2) is 53.8 Å². The van der Waals surface area contributed by atoms with Crippen LogP contribution in [0.2, 0.25) is 0 Å². The average Bonchev–Trinajstić information content (AvgIpc) is 3.20. The van der Waals surface area contributed by atoms with Crippen LogP contribution in [0.15, 0.2) is 41.5 Å². The number of likely N-dealkylation sites (N-methyl/N-ethyl adjacent to an activating group) is 1. The van der Waals surface area contributed by atoms with E-state index in [0.29, 0.717) is 29.8 Å². The number of nitrogens with one attached hydrogen (secondary N) is 1. The summed E-state index contributed by atoms with van der Waals surface area (Å²) in [6, 6.07) is 9.41. The maximum Gasteiger partial charge on any atom is 0.227 e. The third kappa shape index (κ3) is 3.74. The summed E-state index contributed by atoms with van der Waals surface area (Å²) in [6.45, 7) is 8.55. The van der Waals surface area contributed by atoms with E-state index in [4.69, 9.17) is 9.98 Å². The van der Waals surface area contributed by atoms with E-state index in [1.165, 1.54) is 11.6 Å². The Bertz CT molecular complexity index is 1160. The summed E-state index contributed by atoms with van der Waals surface area (Å²) in [5, 5.41) is 4.16. The van der Waals surface area contributed by atoms with Gasteiger partial charge in [0.2, 0.25) is 5.95 Å².